The maximum Gasteiger partial charge on any atom is 0.227 e. The van der Waals surface area contributed by atoms with Crippen molar-refractivity contribution in [2.24, 2.45) is 0 Å². The van der Waals surface area contributed by atoms with Gasteiger partial charge in [0.05, 0.1) is 33.7 Å². The van der Waals surface area contributed by atoms with Gasteiger partial charge in [0.25, 0.3) is 0 Å². The summed E-state index contributed by atoms with van der Waals surface area (Å²) in [5, 5.41) is 13.4. The maximum absolute atomic E-state index is 12.5. The van der Waals surface area contributed by atoms with Crippen LogP contribution in [0, 0.1) is 0 Å². The highest BCUT2D eigenvalue weighted by Crippen LogP contribution is 2.32. The molecule has 8 nitrogen and oxygen atoms in total. The van der Waals surface area contributed by atoms with Crippen LogP contribution in [0.15, 0.2) is 23.4 Å². The molecule has 2 aromatic heterocycles. The maximum atomic E-state index is 12.5. The Labute approximate surface area is 176 Å². The normalized spacial score (nSPS) is 19.1. The van der Waals surface area contributed by atoms with Gasteiger partial charge < -0.3 is 15.3 Å². The van der Waals surface area contributed by atoms with Crippen molar-refractivity contribution < 1.29 is 9.32 Å². The van der Waals surface area contributed by atoms with Gasteiger partial charge in [0.2, 0.25) is 5.95 Å². The van der Waals surface area contributed by atoms with Gasteiger partial charge >= 0.3 is 0 Å². The number of aliphatic hydroxyl groups excluding tert-OH is 1. The molecule has 0 amide bonds. The lowest BCUT2D eigenvalue weighted by atomic mass is 10.1. The van der Waals surface area contributed by atoms with Crippen molar-refractivity contribution in [1.82, 2.24) is 19.9 Å². The lowest BCUT2D eigenvalue weighted by Gasteiger charge is -2.29. The van der Waals surface area contributed by atoms with E-state index in [2.05, 4.69) is 31.2 Å². The Morgan fingerprint density at radius 1 is 1.28 bits per heavy atom. The van der Waals surface area contributed by atoms with E-state index in [1.807, 2.05) is 13.8 Å². The number of hydrogen-bond donors (Lipinski definition) is 2. The van der Waals surface area contributed by atoms with E-state index in [0.29, 0.717) is 46.2 Å². The van der Waals surface area contributed by atoms with Crippen LogP contribution in [0.5, 0.6) is 0 Å². The molecule has 4 rings (SSSR count). The number of nitrogens with one attached hydrogen (secondary N) is 1. The molecule has 0 saturated heterocycles. The van der Waals surface area contributed by atoms with E-state index >= 15 is 0 Å². The van der Waals surface area contributed by atoms with E-state index < -0.39 is 16.3 Å². The van der Waals surface area contributed by atoms with Crippen LogP contribution in [0.1, 0.15) is 31.8 Å². The molecule has 2 aliphatic heterocycles. The molecule has 2 aliphatic rings. The summed E-state index contributed by atoms with van der Waals surface area (Å²) in [6.45, 7) is 5.04. The standard InChI is InChI=1S/C19H23ClN6O2S/c1-19(2,11-27)25-17-15-14(5-8-29(15)28)23-18(24-17)26-6-3-12(4-7-26)16-21-9-13(20)10-22-16/h3,9-10,27H,4-8,11H2,1-2H3,(H,23,24,25)/t29-/m0/s1. The van der Waals surface area contributed by atoms with Crippen molar-refractivity contribution in [2.45, 2.75) is 37.1 Å². The average molecular weight is 435 g/mol. The van der Waals surface area contributed by atoms with Crippen molar-refractivity contribution in [3.63, 3.8) is 0 Å². The zero-order valence-corrected chi connectivity index (χ0v) is 17.9. The highest BCUT2D eigenvalue weighted by Gasteiger charge is 2.30. The topological polar surface area (TPSA) is 104 Å². The van der Waals surface area contributed by atoms with Gasteiger partial charge in [-0.15, -0.1) is 0 Å². The lowest BCUT2D eigenvalue weighted by molar-refractivity contribution is 0.233. The molecule has 4 heterocycles. The number of aryl methyl sites for hydroxylation is 1. The molecule has 2 N–H and O–H groups in total. The highest BCUT2D eigenvalue weighted by atomic mass is 35.5. The van der Waals surface area contributed by atoms with E-state index in [-0.39, 0.29) is 6.61 Å². The predicted octanol–water partition coefficient (Wildman–Crippen LogP) is 2.06. The van der Waals surface area contributed by atoms with Gasteiger partial charge in [-0.1, -0.05) is 17.7 Å². The van der Waals surface area contributed by atoms with E-state index in [1.54, 1.807) is 12.4 Å². The van der Waals surface area contributed by atoms with Gasteiger partial charge in [0, 0.05) is 37.7 Å². The second-order valence-corrected chi connectivity index (χ2v) is 9.71. The van der Waals surface area contributed by atoms with Crippen LogP contribution in [0.25, 0.3) is 5.57 Å². The van der Waals surface area contributed by atoms with Crippen LogP contribution in [0.2, 0.25) is 5.02 Å². The largest absolute Gasteiger partial charge is 0.394 e. The van der Waals surface area contributed by atoms with Crippen molar-refractivity contribution in [2.75, 3.05) is 35.7 Å². The third-order valence-corrected chi connectivity index (χ3v) is 6.58. The van der Waals surface area contributed by atoms with Crippen LogP contribution in [-0.2, 0) is 17.2 Å². The number of fused-ring (bicyclic) bond motifs is 1. The summed E-state index contributed by atoms with van der Waals surface area (Å²) >= 11 is 5.87. The molecular formula is C19H23ClN6O2S. The summed E-state index contributed by atoms with van der Waals surface area (Å²) in [7, 11) is -1.12. The minimum atomic E-state index is -1.12. The highest BCUT2D eigenvalue weighted by molar-refractivity contribution is 7.85. The molecule has 0 spiro atoms. The molecule has 0 saturated carbocycles. The summed E-state index contributed by atoms with van der Waals surface area (Å²) in [4.78, 5) is 20.7. The van der Waals surface area contributed by atoms with E-state index in [0.717, 1.165) is 24.2 Å². The van der Waals surface area contributed by atoms with Gasteiger partial charge in [-0.2, -0.15) is 4.98 Å². The first-order valence-electron chi connectivity index (χ1n) is 9.46. The monoisotopic (exact) mass is 434 g/mol. The number of nitrogens with zero attached hydrogens (tertiary/aromatic N) is 5. The van der Waals surface area contributed by atoms with Crippen LogP contribution in [0.3, 0.4) is 0 Å². The Bertz CT molecular complexity index is 979. The fourth-order valence-corrected chi connectivity index (χ4v) is 4.71. The molecule has 0 aliphatic carbocycles. The molecule has 0 aromatic carbocycles. The fraction of sp³-hybridized carbons (Fsp3) is 0.474. The summed E-state index contributed by atoms with van der Waals surface area (Å²) in [6.07, 6.45) is 6.70. The minimum absolute atomic E-state index is 0.0648. The number of halogens is 1. The Kier molecular flexibility index (Phi) is 5.54. The van der Waals surface area contributed by atoms with Crippen LogP contribution in [-0.4, -0.2) is 60.2 Å². The van der Waals surface area contributed by atoms with Crippen LogP contribution < -0.4 is 10.2 Å². The number of rotatable bonds is 5. The molecule has 1 atom stereocenters. The summed E-state index contributed by atoms with van der Waals surface area (Å²) in [5.74, 6) is 2.40. The molecule has 0 unspecified atom stereocenters. The number of hydrogen-bond acceptors (Lipinski definition) is 8. The van der Waals surface area contributed by atoms with Crippen molar-refractivity contribution in [3.8, 4) is 0 Å². The number of aliphatic hydroxyl groups is 1. The van der Waals surface area contributed by atoms with Gasteiger partial charge in [-0.25, -0.2) is 15.0 Å². The smallest absolute Gasteiger partial charge is 0.227 e. The number of anilines is 2. The van der Waals surface area contributed by atoms with Gasteiger partial charge in [0.15, 0.2) is 5.82 Å². The molecule has 29 heavy (non-hydrogen) atoms. The van der Waals surface area contributed by atoms with E-state index in [4.69, 9.17) is 16.6 Å². The minimum Gasteiger partial charge on any atom is -0.394 e. The van der Waals surface area contributed by atoms with Crippen molar-refractivity contribution >= 4 is 39.7 Å². The van der Waals surface area contributed by atoms with Crippen LogP contribution in [0.4, 0.5) is 11.8 Å². The summed E-state index contributed by atoms with van der Waals surface area (Å²) in [6, 6.07) is 0. The van der Waals surface area contributed by atoms with Crippen molar-refractivity contribution in [3.05, 3.63) is 35.0 Å². The van der Waals surface area contributed by atoms with Crippen molar-refractivity contribution in [1.29, 1.82) is 0 Å². The fourth-order valence-electron chi connectivity index (χ4n) is 3.30. The quantitative estimate of drug-likeness (QED) is 0.736. The average Bonchev–Trinajstić information content (AvgIpc) is 3.09. The second-order valence-electron chi connectivity index (χ2n) is 7.76. The van der Waals surface area contributed by atoms with Crippen LogP contribution >= 0.6 is 11.6 Å². The molecular weight excluding hydrogens is 412 g/mol. The van der Waals surface area contributed by atoms with E-state index in [9.17, 15) is 9.32 Å². The second kappa shape index (κ2) is 7.97. The molecule has 2 aromatic rings. The first-order chi connectivity index (χ1) is 13.9. The lowest BCUT2D eigenvalue weighted by Crippen LogP contribution is -2.36. The molecule has 0 radical (unpaired) electrons. The Morgan fingerprint density at radius 3 is 2.69 bits per heavy atom. The Balaban J connectivity index is 1.61. The van der Waals surface area contributed by atoms with Gasteiger partial charge in [-0.3, -0.25) is 4.21 Å². The number of aromatic nitrogens is 4. The first-order valence-corrected chi connectivity index (χ1v) is 11.2. The van der Waals surface area contributed by atoms with Gasteiger partial charge in [-0.05, 0) is 25.8 Å². The van der Waals surface area contributed by atoms with E-state index in [1.165, 1.54) is 0 Å². The molecule has 10 heteroatoms. The Morgan fingerprint density at radius 2 is 2.03 bits per heavy atom. The third-order valence-electron chi connectivity index (χ3n) is 4.93. The molecule has 154 valence electrons. The SMILES string of the molecule is CC(C)(CO)Nc1nc(N2CC=C(c3ncc(Cl)cn3)CC2)nc2c1[S@@](=O)CC2. The summed E-state index contributed by atoms with van der Waals surface area (Å²) in [5.41, 5.74) is 1.31. The van der Waals surface area contributed by atoms with Gasteiger partial charge in [0.1, 0.15) is 10.7 Å². The molecule has 0 fully saturated rings. The first kappa shape index (κ1) is 20.2. The predicted molar refractivity (Wildman–Crippen MR) is 114 cm³/mol. The third kappa shape index (κ3) is 4.26. The zero-order valence-electron chi connectivity index (χ0n) is 16.4. The summed E-state index contributed by atoms with van der Waals surface area (Å²) < 4.78 is 12.5. The Hall–Kier alpha value is -2.10. The molecule has 0 bridgehead atoms. The zero-order chi connectivity index (χ0) is 20.6.